The van der Waals surface area contributed by atoms with Gasteiger partial charge in [-0.05, 0) is 12.1 Å². The molecule has 0 atom stereocenters. The van der Waals surface area contributed by atoms with E-state index in [4.69, 9.17) is 0 Å². The first-order valence-electron chi connectivity index (χ1n) is 4.47. The molecule has 0 aromatic carbocycles. The molecule has 1 fully saturated rings. The van der Waals surface area contributed by atoms with Crippen LogP contribution in [-0.2, 0) is 0 Å². The topological polar surface area (TPSA) is 3.24 Å². The van der Waals surface area contributed by atoms with Gasteiger partial charge in [-0.25, -0.2) is 0 Å². The summed E-state index contributed by atoms with van der Waals surface area (Å²) in [5.41, 5.74) is 0. The van der Waals surface area contributed by atoms with Gasteiger partial charge in [0.25, 0.3) is 0 Å². The van der Waals surface area contributed by atoms with Crippen LogP contribution in [-0.4, -0.2) is 27.2 Å². The van der Waals surface area contributed by atoms with Crippen molar-refractivity contribution >= 4 is 16.5 Å². The van der Waals surface area contributed by atoms with Crippen LogP contribution in [0.4, 0.5) is 0 Å². The Morgan fingerprint density at radius 3 is 1.58 bits per heavy atom. The molecule has 0 amide bonds. The van der Waals surface area contributed by atoms with E-state index in [2.05, 4.69) is 37.3 Å². The summed E-state index contributed by atoms with van der Waals surface area (Å²) in [6.45, 7) is 15.1. The van der Waals surface area contributed by atoms with Gasteiger partial charge < -0.3 is 11.2 Å². The summed E-state index contributed by atoms with van der Waals surface area (Å²) in [5.74, 6) is 0. The van der Waals surface area contributed by atoms with E-state index < -0.39 is 16.5 Å². The molecule has 0 N–H and O–H groups in total. The Labute approximate surface area is 91.3 Å². The van der Waals surface area contributed by atoms with Gasteiger partial charge in [0, 0.05) is 0 Å². The Kier molecular flexibility index (Phi) is 4.35. The molecule has 12 heavy (non-hydrogen) atoms. The first-order chi connectivity index (χ1) is 4.90. The van der Waals surface area contributed by atoms with Gasteiger partial charge in [0.05, 0.1) is 0 Å². The molecule has 0 spiro atoms. The summed E-state index contributed by atoms with van der Waals surface area (Å²) in [6.07, 6.45) is 0. The van der Waals surface area contributed by atoms with Crippen molar-refractivity contribution in [3.05, 3.63) is 6.92 Å². The van der Waals surface area contributed by atoms with Gasteiger partial charge in [-0.1, -0.05) is 26.2 Å². The van der Waals surface area contributed by atoms with Crippen molar-refractivity contribution in [2.45, 2.75) is 38.3 Å². The predicted molar refractivity (Wildman–Crippen MR) is 56.6 cm³/mol. The molecule has 0 saturated carbocycles. The van der Waals surface area contributed by atoms with E-state index in [-0.39, 0.29) is 18.9 Å². The van der Waals surface area contributed by atoms with E-state index in [9.17, 15) is 0 Å². The maximum atomic E-state index is 4.05. The maximum absolute atomic E-state index is 4.05. The molecular formula is C8H20LiNSi2. The molecule has 0 aliphatic carbocycles. The van der Waals surface area contributed by atoms with E-state index in [1.54, 1.807) is 0 Å². The Balaban J connectivity index is 0.00000121. The minimum Gasteiger partial charge on any atom is -0.375 e. The average molecular weight is 193 g/mol. The van der Waals surface area contributed by atoms with Crippen molar-refractivity contribution in [1.29, 1.82) is 0 Å². The van der Waals surface area contributed by atoms with Crippen LogP contribution in [0.1, 0.15) is 0 Å². The van der Waals surface area contributed by atoms with Crippen LogP contribution < -0.4 is 18.9 Å². The third-order valence-corrected chi connectivity index (χ3v) is 13.5. The van der Waals surface area contributed by atoms with Crippen LogP contribution >= 0.6 is 0 Å². The molecule has 1 heterocycles. The molecule has 1 aliphatic rings. The molecule has 4 heteroatoms. The van der Waals surface area contributed by atoms with Crippen LogP contribution in [0.2, 0.25) is 38.3 Å². The number of hydrogen-bond acceptors (Lipinski definition) is 1. The fraction of sp³-hybridized carbons (Fsp3) is 0.875. The van der Waals surface area contributed by atoms with E-state index in [0.717, 1.165) is 6.54 Å². The Bertz CT molecular complexity index is 143. The monoisotopic (exact) mass is 193 g/mol. The molecule has 0 aromatic heterocycles. The number of nitrogens with zero attached hydrogens (tertiary/aromatic N) is 1. The standard InChI is InChI=1S/C8H20NSi2.Li/c1-6-9-10(2,3)7-8-11(9,4)5;/h1,6-8H2,2-5H3;/q-1;+1. The normalized spacial score (nSPS) is 26.8. The second-order valence-electron chi connectivity index (χ2n) is 4.78. The Hall–Kier alpha value is 0.991. The van der Waals surface area contributed by atoms with Crippen LogP contribution in [0.5, 0.6) is 0 Å². The van der Waals surface area contributed by atoms with E-state index in [0.29, 0.717) is 0 Å². The molecule has 66 valence electrons. The number of hydrogen-bond donors (Lipinski definition) is 0. The Morgan fingerprint density at radius 1 is 1.08 bits per heavy atom. The fourth-order valence-corrected chi connectivity index (χ4v) is 16.2. The predicted octanol–water partition coefficient (Wildman–Crippen LogP) is -0.450. The summed E-state index contributed by atoms with van der Waals surface area (Å²) in [4.78, 5) is 0. The van der Waals surface area contributed by atoms with Crippen LogP contribution in [0, 0.1) is 6.92 Å². The summed E-state index contributed by atoms with van der Waals surface area (Å²) in [5, 5.41) is 0. The second kappa shape index (κ2) is 4.02. The van der Waals surface area contributed by atoms with E-state index in [1.807, 2.05) is 0 Å². The zero-order valence-electron chi connectivity index (χ0n) is 9.28. The third kappa shape index (κ3) is 2.27. The van der Waals surface area contributed by atoms with Crippen molar-refractivity contribution in [3.8, 4) is 0 Å². The van der Waals surface area contributed by atoms with Gasteiger partial charge in [-0.2, -0.15) is 0 Å². The van der Waals surface area contributed by atoms with Crippen molar-refractivity contribution in [2.24, 2.45) is 0 Å². The molecule has 1 saturated heterocycles. The molecule has 0 radical (unpaired) electrons. The smallest absolute Gasteiger partial charge is 0.375 e. The van der Waals surface area contributed by atoms with Crippen molar-refractivity contribution in [1.82, 2.24) is 4.23 Å². The largest absolute Gasteiger partial charge is 1.00 e. The third-order valence-electron chi connectivity index (χ3n) is 3.03. The summed E-state index contributed by atoms with van der Waals surface area (Å²) in [6, 6.07) is 3.00. The summed E-state index contributed by atoms with van der Waals surface area (Å²) < 4.78 is 2.78. The van der Waals surface area contributed by atoms with E-state index in [1.165, 1.54) is 12.1 Å². The Morgan fingerprint density at radius 2 is 1.42 bits per heavy atom. The molecule has 0 aromatic rings. The molecule has 0 bridgehead atoms. The first-order valence-corrected chi connectivity index (χ1v) is 10.8. The van der Waals surface area contributed by atoms with Crippen molar-refractivity contribution in [3.63, 3.8) is 0 Å². The average Bonchev–Trinajstić information content (AvgIpc) is 2.03. The maximum Gasteiger partial charge on any atom is 1.00 e. The van der Waals surface area contributed by atoms with Crippen molar-refractivity contribution < 1.29 is 18.9 Å². The minimum absolute atomic E-state index is 0. The van der Waals surface area contributed by atoms with Gasteiger partial charge >= 0.3 is 18.9 Å². The van der Waals surface area contributed by atoms with Gasteiger partial charge in [0.1, 0.15) is 16.5 Å². The molecule has 0 unspecified atom stereocenters. The summed E-state index contributed by atoms with van der Waals surface area (Å²) in [7, 11) is -1.94. The SMILES string of the molecule is [CH2-]CN1[Si](C)(C)CC[Si]1(C)C.[Li+]. The van der Waals surface area contributed by atoms with Crippen LogP contribution in [0.25, 0.3) is 0 Å². The quantitative estimate of drug-likeness (QED) is 0.403. The molecule has 1 rings (SSSR count). The molecular weight excluding hydrogens is 173 g/mol. The summed E-state index contributed by atoms with van der Waals surface area (Å²) >= 11 is 0. The van der Waals surface area contributed by atoms with Crippen molar-refractivity contribution in [2.75, 3.05) is 6.54 Å². The fourth-order valence-electron chi connectivity index (χ4n) is 2.31. The number of rotatable bonds is 1. The zero-order valence-corrected chi connectivity index (χ0v) is 11.3. The minimum atomic E-state index is -0.972. The zero-order chi connectivity index (χ0) is 8.70. The van der Waals surface area contributed by atoms with Gasteiger partial charge in [0.2, 0.25) is 0 Å². The van der Waals surface area contributed by atoms with Gasteiger partial charge in [0.15, 0.2) is 0 Å². The molecule has 1 nitrogen and oxygen atoms in total. The second-order valence-corrected chi connectivity index (χ2v) is 14.6. The molecule has 1 aliphatic heterocycles. The van der Waals surface area contributed by atoms with E-state index >= 15 is 0 Å². The van der Waals surface area contributed by atoms with Crippen LogP contribution in [0.15, 0.2) is 0 Å². The van der Waals surface area contributed by atoms with Crippen LogP contribution in [0.3, 0.4) is 0 Å². The first kappa shape index (κ1) is 13.0. The van der Waals surface area contributed by atoms with Gasteiger partial charge in [-0.15, -0.1) is 6.54 Å². The van der Waals surface area contributed by atoms with Gasteiger partial charge in [-0.3, -0.25) is 0 Å².